The van der Waals surface area contributed by atoms with Gasteiger partial charge in [-0.1, -0.05) is 112 Å². The molecule has 0 aromatic carbocycles. The predicted octanol–water partition coefficient (Wildman–Crippen LogP) is 8.29. The Kier molecular flexibility index (Phi) is 16.6. The molecule has 0 fully saturated rings. The lowest BCUT2D eigenvalue weighted by Crippen LogP contribution is -2.11. The summed E-state index contributed by atoms with van der Waals surface area (Å²) in [6, 6.07) is 0. The van der Waals surface area contributed by atoms with Crippen molar-refractivity contribution in [3.8, 4) is 0 Å². The Morgan fingerprint density at radius 2 is 0.958 bits per heavy atom. The summed E-state index contributed by atoms with van der Waals surface area (Å²) in [5.41, 5.74) is 1.67. The van der Waals surface area contributed by atoms with Crippen LogP contribution < -0.4 is 0 Å². The third-order valence-corrected chi connectivity index (χ3v) is 7.92. The van der Waals surface area contributed by atoms with Crippen LogP contribution in [0, 0.1) is 0 Å². The summed E-state index contributed by atoms with van der Waals surface area (Å²) >= 11 is 0. The minimum atomic E-state index is -0.419. The van der Waals surface area contributed by atoms with E-state index in [1.54, 1.807) is 0 Å². The largest absolute Gasteiger partial charge is 0.295 e. The summed E-state index contributed by atoms with van der Waals surface area (Å²) in [6.45, 7) is 11.1. The predicted molar refractivity (Wildman–Crippen MR) is 113 cm³/mol. The number of rotatable bonds is 17. The Hall–Kier alpha value is 0.100. The zero-order chi connectivity index (χ0) is 18.2. The first-order valence-electron chi connectivity index (χ1n) is 10.8. The first kappa shape index (κ1) is 24.1. The molecule has 24 heavy (non-hydrogen) atoms. The first-order valence-corrected chi connectivity index (χ1v) is 12.3. The molecule has 144 valence electrons. The fourth-order valence-electron chi connectivity index (χ4n) is 3.60. The number of hydrogen-bond acceptors (Lipinski definition) is 1. The molecule has 0 amide bonds. The van der Waals surface area contributed by atoms with Gasteiger partial charge in [0.05, 0.1) is 0 Å². The van der Waals surface area contributed by atoms with Crippen LogP contribution >= 0.6 is 7.92 Å². The van der Waals surface area contributed by atoms with E-state index in [1.165, 1.54) is 77.0 Å². The van der Waals surface area contributed by atoms with Gasteiger partial charge in [-0.15, -0.1) is 0 Å². The highest BCUT2D eigenvalue weighted by molar-refractivity contribution is 7.75. The van der Waals surface area contributed by atoms with Crippen molar-refractivity contribution >= 4 is 13.4 Å². The van der Waals surface area contributed by atoms with Gasteiger partial charge in [-0.3, -0.25) is 4.79 Å². The van der Waals surface area contributed by atoms with Gasteiger partial charge in [-0.2, -0.15) is 0 Å². The molecule has 0 saturated carbocycles. The quantitative estimate of drug-likeness (QED) is 0.189. The van der Waals surface area contributed by atoms with Crippen LogP contribution in [-0.2, 0) is 4.79 Å². The summed E-state index contributed by atoms with van der Waals surface area (Å²) in [5, 5.41) is 0. The van der Waals surface area contributed by atoms with Gasteiger partial charge in [0, 0.05) is 6.42 Å². The second kappa shape index (κ2) is 16.6. The van der Waals surface area contributed by atoms with Crippen molar-refractivity contribution in [3.63, 3.8) is 0 Å². The minimum Gasteiger partial charge on any atom is -0.295 e. The highest BCUT2D eigenvalue weighted by Gasteiger charge is 2.23. The number of carbonyl (C=O) groups excluding carboxylic acids is 1. The van der Waals surface area contributed by atoms with Gasteiger partial charge in [-0.05, 0) is 25.7 Å². The molecule has 0 aliphatic carbocycles. The molecule has 0 aliphatic rings. The van der Waals surface area contributed by atoms with Crippen LogP contribution in [-0.4, -0.2) is 16.8 Å². The third kappa shape index (κ3) is 13.4. The van der Waals surface area contributed by atoms with E-state index in [0.29, 0.717) is 16.8 Å². The van der Waals surface area contributed by atoms with Crippen molar-refractivity contribution in [2.75, 3.05) is 0 Å². The summed E-state index contributed by atoms with van der Waals surface area (Å²) in [7, 11) is -0.419. The van der Waals surface area contributed by atoms with Gasteiger partial charge in [0.2, 0.25) is 0 Å². The van der Waals surface area contributed by atoms with Crippen LogP contribution in [0.5, 0.6) is 0 Å². The van der Waals surface area contributed by atoms with E-state index in [1.807, 2.05) is 0 Å². The van der Waals surface area contributed by atoms with E-state index in [4.69, 9.17) is 0 Å². The Bertz CT molecular complexity index is 278. The molecule has 0 aromatic heterocycles. The zero-order valence-corrected chi connectivity index (χ0v) is 18.3. The van der Waals surface area contributed by atoms with Crippen molar-refractivity contribution in [2.24, 2.45) is 0 Å². The average molecular weight is 357 g/mol. The van der Waals surface area contributed by atoms with Crippen LogP contribution in [0.3, 0.4) is 0 Å². The van der Waals surface area contributed by atoms with Crippen LogP contribution in [0.25, 0.3) is 0 Å². The summed E-state index contributed by atoms with van der Waals surface area (Å²) in [4.78, 5) is 12.4. The topological polar surface area (TPSA) is 17.1 Å². The van der Waals surface area contributed by atoms with Crippen molar-refractivity contribution in [1.29, 1.82) is 0 Å². The Balaban J connectivity index is 3.40. The molecule has 0 aromatic rings. The molecule has 0 atom stereocenters. The maximum absolute atomic E-state index is 12.4. The average Bonchev–Trinajstić information content (AvgIpc) is 2.51. The van der Waals surface area contributed by atoms with Crippen LogP contribution in [0.1, 0.15) is 125 Å². The van der Waals surface area contributed by atoms with Gasteiger partial charge < -0.3 is 0 Å². The summed E-state index contributed by atoms with van der Waals surface area (Å²) in [6.07, 6.45) is 18.7. The fraction of sp³-hybridized carbons (Fsp3) is 0.955. The van der Waals surface area contributed by atoms with Crippen molar-refractivity contribution in [2.45, 2.75) is 136 Å². The molecule has 0 bridgehead atoms. The molecule has 2 heteroatoms. The van der Waals surface area contributed by atoms with E-state index >= 15 is 0 Å². The van der Waals surface area contributed by atoms with Gasteiger partial charge >= 0.3 is 0 Å². The normalized spacial score (nSPS) is 11.8. The second-order valence-corrected chi connectivity index (χ2v) is 11.4. The van der Waals surface area contributed by atoms with E-state index in [-0.39, 0.29) is 0 Å². The fourth-order valence-corrected chi connectivity index (χ4v) is 6.36. The lowest BCUT2D eigenvalue weighted by Gasteiger charge is -2.23. The molecule has 0 N–H and O–H groups in total. The zero-order valence-electron chi connectivity index (χ0n) is 17.4. The van der Waals surface area contributed by atoms with E-state index in [0.717, 1.165) is 12.8 Å². The van der Waals surface area contributed by atoms with Crippen LogP contribution in [0.4, 0.5) is 0 Å². The minimum absolute atomic E-state index is 0.419. The lowest BCUT2D eigenvalue weighted by molar-refractivity contribution is -0.111. The third-order valence-electron chi connectivity index (χ3n) is 4.89. The molecule has 0 unspecified atom stereocenters. The summed E-state index contributed by atoms with van der Waals surface area (Å²) < 4.78 is 0. The van der Waals surface area contributed by atoms with Crippen LogP contribution in [0.2, 0.25) is 0 Å². The SMILES string of the molecule is CCCCCCCCCCCCCCCC(=O)P(C(C)C)C(C)C. The number of hydrogen-bond donors (Lipinski definition) is 0. The molecule has 0 heterocycles. The summed E-state index contributed by atoms with van der Waals surface area (Å²) in [5.74, 6) is 0. The molecular weight excluding hydrogens is 311 g/mol. The Morgan fingerprint density at radius 3 is 1.29 bits per heavy atom. The maximum Gasteiger partial charge on any atom is 0.154 e. The molecule has 0 radical (unpaired) electrons. The van der Waals surface area contributed by atoms with Gasteiger partial charge in [0.15, 0.2) is 5.52 Å². The van der Waals surface area contributed by atoms with Gasteiger partial charge in [-0.25, -0.2) is 0 Å². The van der Waals surface area contributed by atoms with Crippen molar-refractivity contribution in [3.05, 3.63) is 0 Å². The number of unbranched alkanes of at least 4 members (excludes halogenated alkanes) is 12. The Morgan fingerprint density at radius 1 is 0.625 bits per heavy atom. The standard InChI is InChI=1S/C22H45OP/c1-6-7-8-9-10-11-12-13-14-15-16-17-18-19-22(23)24(20(2)3)21(4)5/h20-21H,6-19H2,1-5H3. The molecule has 0 aliphatic heterocycles. The number of carbonyl (C=O) groups is 1. The molecule has 0 rings (SSSR count). The molecule has 0 spiro atoms. The highest BCUT2D eigenvalue weighted by atomic mass is 31.1. The molecule has 1 nitrogen and oxygen atoms in total. The lowest BCUT2D eigenvalue weighted by atomic mass is 10.0. The first-order chi connectivity index (χ1) is 11.5. The van der Waals surface area contributed by atoms with E-state index < -0.39 is 7.92 Å². The maximum atomic E-state index is 12.4. The van der Waals surface area contributed by atoms with Gasteiger partial charge in [0.1, 0.15) is 0 Å². The Labute approximate surface area is 154 Å². The van der Waals surface area contributed by atoms with Crippen LogP contribution in [0.15, 0.2) is 0 Å². The molecular formula is C22H45OP. The highest BCUT2D eigenvalue weighted by Crippen LogP contribution is 2.47. The monoisotopic (exact) mass is 356 g/mol. The van der Waals surface area contributed by atoms with E-state index in [2.05, 4.69) is 34.6 Å². The van der Waals surface area contributed by atoms with Crippen molar-refractivity contribution < 1.29 is 4.79 Å². The van der Waals surface area contributed by atoms with Crippen molar-refractivity contribution in [1.82, 2.24) is 0 Å². The smallest absolute Gasteiger partial charge is 0.154 e. The van der Waals surface area contributed by atoms with E-state index in [9.17, 15) is 4.79 Å². The molecule has 0 saturated heterocycles. The second-order valence-electron chi connectivity index (χ2n) is 7.98. The van der Waals surface area contributed by atoms with Gasteiger partial charge in [0.25, 0.3) is 0 Å².